The second-order valence-electron chi connectivity index (χ2n) is 9.89. The van der Waals surface area contributed by atoms with Crippen molar-refractivity contribution in [2.45, 2.75) is 85.2 Å². The van der Waals surface area contributed by atoms with E-state index in [-0.39, 0.29) is 10.8 Å². The molecule has 0 amide bonds. The molecule has 0 fully saturated rings. The topological polar surface area (TPSA) is 18.5 Å². The maximum absolute atomic E-state index is 6.36. The SMILES string of the molecule is CCC(C)c1ccc(COc2cc(C(C)(C)C)c(OC)cc2C(C)(C)C)cc1. The van der Waals surface area contributed by atoms with Crippen LogP contribution in [-0.2, 0) is 17.4 Å². The molecule has 0 aliphatic carbocycles. The van der Waals surface area contributed by atoms with Crippen LogP contribution in [0, 0.1) is 0 Å². The first-order valence-corrected chi connectivity index (χ1v) is 10.4. The Morgan fingerprint density at radius 1 is 0.821 bits per heavy atom. The molecule has 0 aromatic heterocycles. The Hall–Kier alpha value is -1.96. The molecule has 28 heavy (non-hydrogen) atoms. The fourth-order valence-corrected chi connectivity index (χ4v) is 3.36. The molecular weight excluding hydrogens is 344 g/mol. The fraction of sp³-hybridized carbons (Fsp3) is 0.538. The summed E-state index contributed by atoms with van der Waals surface area (Å²) in [6, 6.07) is 13.2. The lowest BCUT2D eigenvalue weighted by Crippen LogP contribution is -2.18. The van der Waals surface area contributed by atoms with Crippen LogP contribution in [0.5, 0.6) is 11.5 Å². The van der Waals surface area contributed by atoms with Gasteiger partial charge in [0.05, 0.1) is 7.11 Å². The summed E-state index contributed by atoms with van der Waals surface area (Å²) < 4.78 is 12.1. The van der Waals surface area contributed by atoms with Crippen LogP contribution in [0.3, 0.4) is 0 Å². The van der Waals surface area contributed by atoms with Crippen molar-refractivity contribution in [2.24, 2.45) is 0 Å². The smallest absolute Gasteiger partial charge is 0.124 e. The summed E-state index contributed by atoms with van der Waals surface area (Å²) in [7, 11) is 1.75. The minimum Gasteiger partial charge on any atom is -0.496 e. The van der Waals surface area contributed by atoms with Crippen molar-refractivity contribution >= 4 is 0 Å². The zero-order valence-corrected chi connectivity index (χ0v) is 19.3. The summed E-state index contributed by atoms with van der Waals surface area (Å²) in [5.41, 5.74) is 4.89. The fourth-order valence-electron chi connectivity index (χ4n) is 3.36. The van der Waals surface area contributed by atoms with Crippen molar-refractivity contribution in [3.05, 3.63) is 58.7 Å². The largest absolute Gasteiger partial charge is 0.496 e. The molecule has 2 nitrogen and oxygen atoms in total. The third kappa shape index (κ3) is 5.31. The predicted octanol–water partition coefficient (Wildman–Crippen LogP) is 7.38. The van der Waals surface area contributed by atoms with Crippen LogP contribution < -0.4 is 9.47 Å². The van der Waals surface area contributed by atoms with Crippen molar-refractivity contribution in [1.82, 2.24) is 0 Å². The average molecular weight is 383 g/mol. The van der Waals surface area contributed by atoms with Gasteiger partial charge < -0.3 is 9.47 Å². The Labute approximate surface area is 172 Å². The van der Waals surface area contributed by atoms with Gasteiger partial charge in [-0.3, -0.25) is 0 Å². The second-order valence-corrected chi connectivity index (χ2v) is 9.89. The molecular formula is C26H38O2. The van der Waals surface area contributed by atoms with Crippen LogP contribution in [0.1, 0.15) is 90.0 Å². The first kappa shape index (κ1) is 22.3. The van der Waals surface area contributed by atoms with Crippen molar-refractivity contribution < 1.29 is 9.47 Å². The molecule has 0 N–H and O–H groups in total. The molecule has 154 valence electrons. The standard InChI is InChI=1S/C26H38O2/c1-10-18(2)20-13-11-19(12-14-20)17-28-24-16-21(25(3,4)5)23(27-9)15-22(24)26(6,7)8/h11-16,18H,10,17H2,1-9H3. The zero-order valence-electron chi connectivity index (χ0n) is 19.3. The summed E-state index contributed by atoms with van der Waals surface area (Å²) in [5, 5.41) is 0. The van der Waals surface area contributed by atoms with Gasteiger partial charge in [-0.05, 0) is 46.4 Å². The molecule has 0 heterocycles. The Kier molecular flexibility index (Phi) is 6.85. The van der Waals surface area contributed by atoms with E-state index in [0.717, 1.165) is 17.9 Å². The van der Waals surface area contributed by atoms with E-state index in [4.69, 9.17) is 9.47 Å². The van der Waals surface area contributed by atoms with E-state index in [9.17, 15) is 0 Å². The van der Waals surface area contributed by atoms with Gasteiger partial charge in [-0.1, -0.05) is 79.7 Å². The van der Waals surface area contributed by atoms with Crippen LogP contribution in [0.15, 0.2) is 36.4 Å². The molecule has 2 heteroatoms. The monoisotopic (exact) mass is 382 g/mol. The first-order chi connectivity index (χ1) is 13.0. The summed E-state index contributed by atoms with van der Waals surface area (Å²) in [5.74, 6) is 2.48. The van der Waals surface area contributed by atoms with Crippen LogP contribution in [0.2, 0.25) is 0 Å². The van der Waals surface area contributed by atoms with E-state index in [1.54, 1.807) is 7.11 Å². The van der Waals surface area contributed by atoms with Gasteiger partial charge in [0.15, 0.2) is 0 Å². The third-order valence-corrected chi connectivity index (χ3v) is 5.47. The van der Waals surface area contributed by atoms with Gasteiger partial charge in [-0.15, -0.1) is 0 Å². The molecule has 2 aromatic carbocycles. The quantitative estimate of drug-likeness (QED) is 0.519. The molecule has 0 spiro atoms. The van der Waals surface area contributed by atoms with E-state index >= 15 is 0 Å². The van der Waals surface area contributed by atoms with Crippen LogP contribution in [-0.4, -0.2) is 7.11 Å². The molecule has 0 bridgehead atoms. The molecule has 1 unspecified atom stereocenters. The zero-order chi connectivity index (χ0) is 21.1. The molecule has 2 rings (SSSR count). The van der Waals surface area contributed by atoms with Crippen LogP contribution in [0.4, 0.5) is 0 Å². The van der Waals surface area contributed by atoms with E-state index < -0.39 is 0 Å². The number of rotatable bonds is 6. The lowest BCUT2D eigenvalue weighted by atomic mass is 9.81. The highest BCUT2D eigenvalue weighted by Crippen LogP contribution is 2.41. The minimum atomic E-state index is -0.0283. The molecule has 2 aromatic rings. The van der Waals surface area contributed by atoms with E-state index in [2.05, 4.69) is 91.8 Å². The normalized spacial score (nSPS) is 13.3. The highest BCUT2D eigenvalue weighted by molar-refractivity contribution is 5.51. The van der Waals surface area contributed by atoms with E-state index in [0.29, 0.717) is 12.5 Å². The Morgan fingerprint density at radius 2 is 1.32 bits per heavy atom. The number of hydrogen-bond acceptors (Lipinski definition) is 2. The van der Waals surface area contributed by atoms with Gasteiger partial charge in [-0.2, -0.15) is 0 Å². The lowest BCUT2D eigenvalue weighted by Gasteiger charge is -2.28. The van der Waals surface area contributed by atoms with Gasteiger partial charge in [0.2, 0.25) is 0 Å². The number of methoxy groups -OCH3 is 1. The average Bonchev–Trinajstić information content (AvgIpc) is 2.63. The van der Waals surface area contributed by atoms with Crippen molar-refractivity contribution in [3.8, 4) is 11.5 Å². The highest BCUT2D eigenvalue weighted by atomic mass is 16.5. The Morgan fingerprint density at radius 3 is 1.79 bits per heavy atom. The van der Waals surface area contributed by atoms with Crippen LogP contribution in [0.25, 0.3) is 0 Å². The summed E-state index contributed by atoms with van der Waals surface area (Å²) in [6.45, 7) is 18.3. The molecule has 0 saturated carbocycles. The Balaban J connectivity index is 2.35. The third-order valence-electron chi connectivity index (χ3n) is 5.47. The van der Waals surface area contributed by atoms with Gasteiger partial charge in [0.1, 0.15) is 18.1 Å². The summed E-state index contributed by atoms with van der Waals surface area (Å²) in [6.07, 6.45) is 1.16. The molecule has 0 saturated heterocycles. The molecule has 0 aliphatic rings. The van der Waals surface area contributed by atoms with Crippen molar-refractivity contribution in [3.63, 3.8) is 0 Å². The van der Waals surface area contributed by atoms with E-state index in [1.807, 2.05) is 0 Å². The Bertz CT molecular complexity index is 774. The molecule has 0 aliphatic heterocycles. The van der Waals surface area contributed by atoms with Gasteiger partial charge in [0, 0.05) is 11.1 Å². The van der Waals surface area contributed by atoms with Crippen molar-refractivity contribution in [1.29, 1.82) is 0 Å². The summed E-state index contributed by atoms with van der Waals surface area (Å²) >= 11 is 0. The summed E-state index contributed by atoms with van der Waals surface area (Å²) in [4.78, 5) is 0. The van der Waals surface area contributed by atoms with Gasteiger partial charge >= 0.3 is 0 Å². The minimum absolute atomic E-state index is 0.0161. The molecule has 0 radical (unpaired) electrons. The molecule has 1 atom stereocenters. The predicted molar refractivity (Wildman–Crippen MR) is 120 cm³/mol. The lowest BCUT2D eigenvalue weighted by molar-refractivity contribution is 0.294. The van der Waals surface area contributed by atoms with Gasteiger partial charge in [0.25, 0.3) is 0 Å². The van der Waals surface area contributed by atoms with E-state index in [1.165, 1.54) is 22.3 Å². The van der Waals surface area contributed by atoms with Crippen LogP contribution >= 0.6 is 0 Å². The number of benzene rings is 2. The first-order valence-electron chi connectivity index (χ1n) is 10.4. The highest BCUT2D eigenvalue weighted by Gasteiger charge is 2.26. The van der Waals surface area contributed by atoms with Gasteiger partial charge in [-0.25, -0.2) is 0 Å². The van der Waals surface area contributed by atoms with Crippen molar-refractivity contribution in [2.75, 3.05) is 7.11 Å². The second kappa shape index (κ2) is 8.59. The maximum Gasteiger partial charge on any atom is 0.124 e. The number of hydrogen-bond donors (Lipinski definition) is 0. The maximum atomic E-state index is 6.36. The number of ether oxygens (including phenoxy) is 2.